The molecule has 5 N–H and O–H groups in total. The van der Waals surface area contributed by atoms with E-state index in [2.05, 4.69) is 14.8 Å². The number of methoxy groups -OCH3 is 1. The van der Waals surface area contributed by atoms with Crippen molar-refractivity contribution < 1.29 is 37.0 Å². The lowest BCUT2D eigenvalue weighted by Crippen LogP contribution is -2.48. The number of carbonyl (C=O) groups excluding carboxylic acids is 1. The average molecular weight is 574 g/mol. The first kappa shape index (κ1) is 30.4. The highest BCUT2D eigenvalue weighted by atomic mass is 32.2. The molecule has 0 heterocycles. The van der Waals surface area contributed by atoms with E-state index >= 15 is 0 Å². The fraction of sp³-hybridized carbons (Fsp3) is 0.286. The maximum absolute atomic E-state index is 13.4. The first-order valence-corrected chi connectivity index (χ1v) is 14.0. The third-order valence-electron chi connectivity index (χ3n) is 5.93. The third-order valence-corrected chi connectivity index (χ3v) is 7.42. The van der Waals surface area contributed by atoms with Crippen LogP contribution < -0.4 is 25.2 Å². The number of carbonyl (C=O) groups is 2. The highest BCUT2D eigenvalue weighted by molar-refractivity contribution is 7.89. The summed E-state index contributed by atoms with van der Waals surface area (Å²) in [4.78, 5) is 23.8. The van der Waals surface area contributed by atoms with Gasteiger partial charge in [-0.05, 0) is 73.2 Å². The Morgan fingerprint density at radius 1 is 1.00 bits per heavy atom. The van der Waals surface area contributed by atoms with Crippen molar-refractivity contribution in [3.63, 3.8) is 0 Å². The molecule has 0 saturated carbocycles. The van der Waals surface area contributed by atoms with Crippen LogP contribution in [0.4, 0.5) is 10.1 Å². The van der Waals surface area contributed by atoms with E-state index in [-0.39, 0.29) is 22.8 Å². The van der Waals surface area contributed by atoms with Crippen LogP contribution in [0, 0.1) is 0 Å². The van der Waals surface area contributed by atoms with E-state index in [0.717, 1.165) is 24.2 Å². The molecule has 0 fully saturated rings. The SMILES string of the molecule is COc1cccc(CCCCNC(=O)[C@H](Cc2ccc(OC(F)C(=O)O)c(N)c2)NS(=O)(=O)c2ccccc2)c1. The van der Waals surface area contributed by atoms with Crippen LogP contribution in [0.25, 0.3) is 0 Å². The molecule has 214 valence electrons. The second-order valence-corrected chi connectivity index (χ2v) is 10.6. The third kappa shape index (κ3) is 8.95. The van der Waals surface area contributed by atoms with Gasteiger partial charge in [0.15, 0.2) is 0 Å². The number of halogens is 1. The van der Waals surface area contributed by atoms with Gasteiger partial charge in [-0.15, -0.1) is 0 Å². The van der Waals surface area contributed by atoms with Crippen molar-refractivity contribution in [3.05, 3.63) is 83.9 Å². The van der Waals surface area contributed by atoms with Crippen molar-refractivity contribution in [2.45, 2.75) is 43.0 Å². The monoisotopic (exact) mass is 573 g/mol. The quantitative estimate of drug-likeness (QED) is 0.160. The van der Waals surface area contributed by atoms with Gasteiger partial charge in [-0.2, -0.15) is 9.11 Å². The van der Waals surface area contributed by atoms with Gasteiger partial charge in [-0.3, -0.25) is 4.79 Å². The molecule has 0 spiro atoms. The highest BCUT2D eigenvalue weighted by Crippen LogP contribution is 2.25. The molecule has 1 unspecified atom stereocenters. The van der Waals surface area contributed by atoms with Gasteiger partial charge in [0.25, 0.3) is 0 Å². The molecule has 1 amide bonds. The van der Waals surface area contributed by atoms with E-state index in [1.807, 2.05) is 24.3 Å². The largest absolute Gasteiger partial charge is 0.497 e. The van der Waals surface area contributed by atoms with Gasteiger partial charge in [0.1, 0.15) is 17.5 Å². The van der Waals surface area contributed by atoms with Gasteiger partial charge in [0.05, 0.1) is 17.7 Å². The minimum absolute atomic E-state index is 0.00277. The number of unbranched alkanes of at least 4 members (excludes halogenated alkanes) is 1. The van der Waals surface area contributed by atoms with Crippen LogP contribution in [0.2, 0.25) is 0 Å². The van der Waals surface area contributed by atoms with Crippen LogP contribution in [0.1, 0.15) is 24.0 Å². The zero-order chi connectivity index (χ0) is 29.1. The number of hydrogen-bond donors (Lipinski definition) is 4. The minimum Gasteiger partial charge on any atom is -0.497 e. The van der Waals surface area contributed by atoms with E-state index in [4.69, 9.17) is 15.6 Å². The lowest BCUT2D eigenvalue weighted by atomic mass is 10.0. The molecule has 2 atom stereocenters. The number of carboxylic acid groups (broad SMARTS) is 1. The molecule has 3 aromatic carbocycles. The molecule has 0 radical (unpaired) electrons. The Morgan fingerprint density at radius 3 is 2.42 bits per heavy atom. The summed E-state index contributed by atoms with van der Waals surface area (Å²) in [5, 5.41) is 11.5. The summed E-state index contributed by atoms with van der Waals surface area (Å²) in [7, 11) is -2.44. The number of alkyl halides is 1. The second-order valence-electron chi connectivity index (χ2n) is 8.94. The fourth-order valence-corrected chi connectivity index (χ4v) is 5.11. The summed E-state index contributed by atoms with van der Waals surface area (Å²) in [6, 6.07) is 18.2. The first-order chi connectivity index (χ1) is 19.1. The molecule has 10 nitrogen and oxygen atoms in total. The summed E-state index contributed by atoms with van der Waals surface area (Å²) in [5.41, 5.74) is 7.37. The predicted molar refractivity (Wildman–Crippen MR) is 147 cm³/mol. The molecular weight excluding hydrogens is 541 g/mol. The smallest absolute Gasteiger partial charge is 0.378 e. The van der Waals surface area contributed by atoms with Crippen molar-refractivity contribution in [1.29, 1.82) is 0 Å². The molecule has 0 aliphatic rings. The van der Waals surface area contributed by atoms with Crippen molar-refractivity contribution in [2.24, 2.45) is 0 Å². The van der Waals surface area contributed by atoms with Gasteiger partial charge in [-0.25, -0.2) is 13.2 Å². The maximum atomic E-state index is 13.4. The molecule has 40 heavy (non-hydrogen) atoms. The molecular formula is C28H32FN3O7S. The number of amides is 1. The number of hydrogen-bond acceptors (Lipinski definition) is 7. The van der Waals surface area contributed by atoms with E-state index in [0.29, 0.717) is 18.5 Å². The van der Waals surface area contributed by atoms with Crippen molar-refractivity contribution in [3.8, 4) is 11.5 Å². The average Bonchev–Trinajstić information content (AvgIpc) is 2.94. The number of anilines is 1. The van der Waals surface area contributed by atoms with Gasteiger partial charge in [0, 0.05) is 6.54 Å². The number of nitrogens with two attached hydrogens (primary N) is 1. The van der Waals surface area contributed by atoms with Gasteiger partial charge in [0.2, 0.25) is 15.9 Å². The van der Waals surface area contributed by atoms with Crippen LogP contribution in [-0.2, 0) is 32.5 Å². The Kier molecular flexibility index (Phi) is 10.9. The predicted octanol–water partition coefficient (Wildman–Crippen LogP) is 3.07. The Hall–Kier alpha value is -4.16. The number of ether oxygens (including phenoxy) is 2. The topological polar surface area (TPSA) is 157 Å². The zero-order valence-corrected chi connectivity index (χ0v) is 22.7. The molecule has 0 saturated heterocycles. The zero-order valence-electron chi connectivity index (χ0n) is 21.9. The molecule has 0 aromatic heterocycles. The fourth-order valence-electron chi connectivity index (χ4n) is 3.89. The summed E-state index contributed by atoms with van der Waals surface area (Å²) < 4.78 is 51.8. The van der Waals surface area contributed by atoms with Crippen LogP contribution in [0.15, 0.2) is 77.7 Å². The van der Waals surface area contributed by atoms with Gasteiger partial charge < -0.3 is 25.6 Å². The summed E-state index contributed by atoms with van der Waals surface area (Å²) in [5.74, 6) is -1.76. The number of nitrogen functional groups attached to an aromatic ring is 1. The van der Waals surface area contributed by atoms with E-state index in [1.165, 1.54) is 30.3 Å². The Labute approximate surface area is 232 Å². The Bertz CT molecular complexity index is 1400. The molecule has 0 aliphatic heterocycles. The highest BCUT2D eigenvalue weighted by Gasteiger charge is 2.26. The number of rotatable bonds is 15. The van der Waals surface area contributed by atoms with Gasteiger partial charge >= 0.3 is 12.3 Å². The summed E-state index contributed by atoms with van der Waals surface area (Å²) in [6.07, 6.45) is -0.448. The summed E-state index contributed by atoms with van der Waals surface area (Å²) >= 11 is 0. The van der Waals surface area contributed by atoms with Crippen LogP contribution in [0.3, 0.4) is 0 Å². The number of carboxylic acids is 1. The molecule has 12 heteroatoms. The number of aliphatic carboxylic acids is 1. The Balaban J connectivity index is 1.67. The van der Waals surface area contributed by atoms with Crippen LogP contribution in [-0.4, -0.2) is 51.5 Å². The number of nitrogens with one attached hydrogen (secondary N) is 2. The van der Waals surface area contributed by atoms with E-state index < -0.39 is 34.3 Å². The second kappa shape index (κ2) is 14.3. The summed E-state index contributed by atoms with van der Waals surface area (Å²) in [6.45, 7) is 0.328. The molecule has 3 rings (SSSR count). The maximum Gasteiger partial charge on any atom is 0.378 e. The van der Waals surface area contributed by atoms with E-state index in [9.17, 15) is 22.4 Å². The van der Waals surface area contributed by atoms with Gasteiger partial charge in [-0.1, -0.05) is 36.4 Å². The molecule has 0 bridgehead atoms. The Morgan fingerprint density at radius 2 is 1.75 bits per heavy atom. The lowest BCUT2D eigenvalue weighted by molar-refractivity contribution is -0.153. The van der Waals surface area contributed by atoms with E-state index in [1.54, 1.807) is 25.3 Å². The van der Waals surface area contributed by atoms with Crippen molar-refractivity contribution >= 4 is 27.6 Å². The normalized spacial score (nSPS) is 12.8. The number of benzene rings is 3. The lowest BCUT2D eigenvalue weighted by Gasteiger charge is -2.19. The van der Waals surface area contributed by atoms with Crippen LogP contribution in [0.5, 0.6) is 11.5 Å². The molecule has 0 aliphatic carbocycles. The van der Waals surface area contributed by atoms with Crippen molar-refractivity contribution in [2.75, 3.05) is 19.4 Å². The standard InChI is InChI=1S/C28H32FN3O7S/c1-38-21-10-7-9-19(16-21)8-5-6-15-31-27(33)24(32-40(36,37)22-11-3-2-4-12-22)18-20-13-14-25(23(30)17-20)39-26(29)28(34)35/h2-4,7,9-14,16-17,24,26,32H,5-6,8,15,18,30H2,1H3,(H,31,33)(H,34,35)/t24-,26?/m0/s1. The van der Waals surface area contributed by atoms with Crippen molar-refractivity contribution in [1.82, 2.24) is 10.0 Å². The molecule has 3 aromatic rings. The number of sulfonamides is 1. The minimum atomic E-state index is -4.04. The first-order valence-electron chi connectivity index (χ1n) is 12.5. The van der Waals surface area contributed by atoms with Crippen LogP contribution >= 0.6 is 0 Å². The number of aryl methyl sites for hydroxylation is 1.